The monoisotopic (exact) mass is 430 g/mol. The molecule has 0 spiro atoms. The molecule has 3 rings (SSSR count). The van der Waals surface area contributed by atoms with Gasteiger partial charge in [0.05, 0.1) is 30.4 Å². The number of nitrogens with one attached hydrogen (secondary N) is 1. The summed E-state index contributed by atoms with van der Waals surface area (Å²) >= 11 is 6.06. The number of benzene rings is 2. The lowest BCUT2D eigenvalue weighted by atomic mass is 10.1. The van der Waals surface area contributed by atoms with E-state index in [9.17, 15) is 14.4 Å². The number of carbonyl (C=O) groups excluding carboxylic acids is 3. The maximum Gasteiger partial charge on any atom is 0.338 e. The molecule has 0 aliphatic carbocycles. The van der Waals surface area contributed by atoms with Crippen LogP contribution < -0.4 is 15.0 Å². The third-order valence-electron chi connectivity index (χ3n) is 4.66. The minimum atomic E-state index is -0.522. The lowest BCUT2D eigenvalue weighted by Crippen LogP contribution is -2.28. The normalized spacial score (nSPS) is 16.0. The molecule has 2 aromatic carbocycles. The first kappa shape index (κ1) is 21.6. The molecule has 30 heavy (non-hydrogen) atoms. The van der Waals surface area contributed by atoms with Crippen molar-refractivity contribution < 1.29 is 23.9 Å². The van der Waals surface area contributed by atoms with E-state index < -0.39 is 11.9 Å². The number of rotatable bonds is 6. The predicted molar refractivity (Wildman–Crippen MR) is 114 cm³/mol. The Bertz CT molecular complexity index is 959. The maximum atomic E-state index is 12.7. The predicted octanol–water partition coefficient (Wildman–Crippen LogP) is 3.91. The molecule has 0 saturated carbocycles. The average molecular weight is 431 g/mol. The summed E-state index contributed by atoms with van der Waals surface area (Å²) in [5, 5.41) is 3.27. The summed E-state index contributed by atoms with van der Waals surface area (Å²) in [5.74, 6) is -0.883. The Morgan fingerprint density at radius 3 is 2.50 bits per heavy atom. The van der Waals surface area contributed by atoms with Gasteiger partial charge in [0.1, 0.15) is 5.75 Å². The lowest BCUT2D eigenvalue weighted by molar-refractivity contribution is -0.122. The highest BCUT2D eigenvalue weighted by Crippen LogP contribution is 2.35. The van der Waals surface area contributed by atoms with Crippen molar-refractivity contribution >= 4 is 40.8 Å². The summed E-state index contributed by atoms with van der Waals surface area (Å²) in [5.41, 5.74) is 1.47. The summed E-state index contributed by atoms with van der Waals surface area (Å²) in [4.78, 5) is 38.6. The molecule has 2 aromatic rings. The quantitative estimate of drug-likeness (QED) is 0.702. The van der Waals surface area contributed by atoms with E-state index in [0.29, 0.717) is 27.7 Å². The van der Waals surface area contributed by atoms with E-state index in [1.807, 2.05) is 0 Å². The van der Waals surface area contributed by atoms with E-state index in [-0.39, 0.29) is 30.9 Å². The first-order valence-corrected chi connectivity index (χ1v) is 9.92. The number of halogens is 1. The summed E-state index contributed by atoms with van der Waals surface area (Å²) in [6, 6.07) is 11.4. The number of ether oxygens (including phenoxy) is 2. The van der Waals surface area contributed by atoms with Gasteiger partial charge in [0.25, 0.3) is 0 Å². The Kier molecular flexibility index (Phi) is 6.62. The molecule has 1 heterocycles. The van der Waals surface area contributed by atoms with Crippen molar-refractivity contribution in [1.82, 2.24) is 0 Å². The molecule has 0 bridgehead atoms. The molecule has 2 amide bonds. The van der Waals surface area contributed by atoms with Gasteiger partial charge in [0.2, 0.25) is 11.8 Å². The summed E-state index contributed by atoms with van der Waals surface area (Å²) in [7, 11) is 1.51. The summed E-state index contributed by atoms with van der Waals surface area (Å²) in [6.07, 6.45) is -0.127. The van der Waals surface area contributed by atoms with Crippen LogP contribution in [-0.2, 0) is 14.3 Å². The van der Waals surface area contributed by atoms with Crippen LogP contribution in [0.5, 0.6) is 5.75 Å². The highest BCUT2D eigenvalue weighted by Gasteiger charge is 2.36. The number of esters is 1. The molecule has 0 radical (unpaired) electrons. The molecule has 1 saturated heterocycles. The zero-order chi connectivity index (χ0) is 21.8. The van der Waals surface area contributed by atoms with E-state index in [4.69, 9.17) is 21.1 Å². The van der Waals surface area contributed by atoms with Gasteiger partial charge in [-0.2, -0.15) is 0 Å². The number of hydrogen-bond donors (Lipinski definition) is 1. The molecule has 1 fully saturated rings. The van der Waals surface area contributed by atoms with Gasteiger partial charge >= 0.3 is 5.97 Å². The molecule has 0 aromatic heterocycles. The number of carbonyl (C=O) groups is 3. The molecule has 1 N–H and O–H groups in total. The topological polar surface area (TPSA) is 84.9 Å². The van der Waals surface area contributed by atoms with Crippen LogP contribution in [0, 0.1) is 5.92 Å². The molecule has 1 aliphatic rings. The zero-order valence-corrected chi connectivity index (χ0v) is 17.7. The minimum Gasteiger partial charge on any atom is -0.495 e. The Morgan fingerprint density at radius 1 is 1.17 bits per heavy atom. The largest absolute Gasteiger partial charge is 0.495 e. The van der Waals surface area contributed by atoms with E-state index in [1.54, 1.807) is 56.3 Å². The second-order valence-corrected chi connectivity index (χ2v) is 7.68. The van der Waals surface area contributed by atoms with Crippen LogP contribution >= 0.6 is 11.6 Å². The van der Waals surface area contributed by atoms with Crippen LogP contribution in [0.15, 0.2) is 42.5 Å². The standard InChI is InChI=1S/C22H23ClN2O5/c1-13(2)30-22(28)14-4-7-17(8-5-14)24-21(27)15-10-20(26)25(12-15)18-11-16(23)6-9-19(18)29-3/h4-9,11,13,15H,10,12H2,1-3H3,(H,24,27)/t15-/m0/s1. The number of methoxy groups -OCH3 is 1. The summed E-state index contributed by atoms with van der Waals surface area (Å²) in [6.45, 7) is 3.77. The molecule has 1 aliphatic heterocycles. The fourth-order valence-electron chi connectivity index (χ4n) is 3.21. The van der Waals surface area contributed by atoms with Crippen LogP contribution in [0.25, 0.3) is 0 Å². The van der Waals surface area contributed by atoms with Gasteiger partial charge in [-0.25, -0.2) is 4.79 Å². The Labute approximate surface area is 179 Å². The second kappa shape index (κ2) is 9.17. The number of nitrogens with zero attached hydrogens (tertiary/aromatic N) is 1. The Morgan fingerprint density at radius 2 is 1.87 bits per heavy atom. The van der Waals surface area contributed by atoms with Crippen molar-refractivity contribution in [3.63, 3.8) is 0 Å². The highest BCUT2D eigenvalue weighted by molar-refractivity contribution is 6.31. The molecular weight excluding hydrogens is 408 g/mol. The van der Waals surface area contributed by atoms with Crippen LogP contribution in [0.4, 0.5) is 11.4 Å². The fourth-order valence-corrected chi connectivity index (χ4v) is 3.37. The van der Waals surface area contributed by atoms with Crippen LogP contribution in [-0.4, -0.2) is 37.5 Å². The lowest BCUT2D eigenvalue weighted by Gasteiger charge is -2.20. The number of hydrogen-bond acceptors (Lipinski definition) is 5. The van der Waals surface area contributed by atoms with E-state index >= 15 is 0 Å². The first-order chi connectivity index (χ1) is 14.3. The molecular formula is C22H23ClN2O5. The molecule has 1 atom stereocenters. The fraction of sp³-hybridized carbons (Fsp3) is 0.318. The zero-order valence-electron chi connectivity index (χ0n) is 17.0. The van der Waals surface area contributed by atoms with Gasteiger partial charge in [-0.1, -0.05) is 11.6 Å². The molecule has 8 heteroatoms. The SMILES string of the molecule is COc1ccc(Cl)cc1N1C[C@@H](C(=O)Nc2ccc(C(=O)OC(C)C)cc2)CC1=O. The van der Waals surface area contributed by atoms with Crippen molar-refractivity contribution in [2.24, 2.45) is 5.92 Å². The summed E-state index contributed by atoms with van der Waals surface area (Å²) < 4.78 is 10.5. The van der Waals surface area contributed by atoms with E-state index in [2.05, 4.69) is 5.32 Å². The van der Waals surface area contributed by atoms with Gasteiger partial charge < -0.3 is 19.7 Å². The van der Waals surface area contributed by atoms with Crippen molar-refractivity contribution in [1.29, 1.82) is 0 Å². The van der Waals surface area contributed by atoms with Crippen molar-refractivity contribution in [2.45, 2.75) is 26.4 Å². The second-order valence-electron chi connectivity index (χ2n) is 7.24. The third kappa shape index (κ3) is 4.91. The minimum absolute atomic E-state index is 0.0836. The van der Waals surface area contributed by atoms with Crippen molar-refractivity contribution in [3.8, 4) is 5.75 Å². The number of amides is 2. The smallest absolute Gasteiger partial charge is 0.338 e. The molecule has 7 nitrogen and oxygen atoms in total. The third-order valence-corrected chi connectivity index (χ3v) is 4.89. The van der Waals surface area contributed by atoms with Crippen molar-refractivity contribution in [3.05, 3.63) is 53.1 Å². The Hall–Kier alpha value is -3.06. The van der Waals surface area contributed by atoms with Gasteiger partial charge in [-0.15, -0.1) is 0 Å². The van der Waals surface area contributed by atoms with Crippen LogP contribution in [0.3, 0.4) is 0 Å². The van der Waals surface area contributed by atoms with Gasteiger partial charge in [-0.3, -0.25) is 9.59 Å². The van der Waals surface area contributed by atoms with E-state index in [0.717, 1.165) is 0 Å². The molecule has 158 valence electrons. The maximum absolute atomic E-state index is 12.7. The van der Waals surface area contributed by atoms with Crippen molar-refractivity contribution in [2.75, 3.05) is 23.9 Å². The average Bonchev–Trinajstić information content (AvgIpc) is 3.09. The highest BCUT2D eigenvalue weighted by atomic mass is 35.5. The Balaban J connectivity index is 1.67. The molecule has 0 unspecified atom stereocenters. The first-order valence-electron chi connectivity index (χ1n) is 9.54. The van der Waals surface area contributed by atoms with Gasteiger partial charge in [-0.05, 0) is 56.3 Å². The van der Waals surface area contributed by atoms with Gasteiger partial charge in [0, 0.05) is 23.7 Å². The van der Waals surface area contributed by atoms with Crippen LogP contribution in [0.1, 0.15) is 30.6 Å². The van der Waals surface area contributed by atoms with Crippen LogP contribution in [0.2, 0.25) is 5.02 Å². The van der Waals surface area contributed by atoms with E-state index in [1.165, 1.54) is 12.0 Å². The number of anilines is 2. The van der Waals surface area contributed by atoms with Gasteiger partial charge in [0.15, 0.2) is 0 Å².